The number of amidine groups is 1. The molecule has 0 bridgehead atoms. The zero-order valence-corrected chi connectivity index (χ0v) is 14.8. The van der Waals surface area contributed by atoms with E-state index in [9.17, 15) is 4.79 Å². The SMILES string of the molecule is N=C(N)c1cccc(CNc2ncnc3cc(C(=O)N4CCC4)ccc23)c1. The van der Waals surface area contributed by atoms with E-state index < -0.39 is 0 Å². The molecule has 2 aromatic carbocycles. The first kappa shape index (κ1) is 17.0. The summed E-state index contributed by atoms with van der Waals surface area (Å²) in [7, 11) is 0. The summed E-state index contributed by atoms with van der Waals surface area (Å²) in [5.41, 5.74) is 8.63. The van der Waals surface area contributed by atoms with Gasteiger partial charge in [-0.25, -0.2) is 9.97 Å². The standard InChI is InChI=1S/C20H20N6O/c21-18(22)14-4-1-3-13(9-14)11-23-19-16-6-5-15(10-17(16)24-12-25-19)20(27)26-7-2-8-26/h1,3-6,9-10,12H,2,7-8,11H2,(H3,21,22)(H,23,24,25). The van der Waals surface area contributed by atoms with Crippen LogP contribution in [0.3, 0.4) is 0 Å². The molecule has 1 amide bonds. The Kier molecular flexibility index (Phi) is 4.42. The summed E-state index contributed by atoms with van der Waals surface area (Å²) in [5.74, 6) is 0.803. The largest absolute Gasteiger partial charge is 0.384 e. The highest BCUT2D eigenvalue weighted by atomic mass is 16.2. The van der Waals surface area contributed by atoms with Crippen molar-refractivity contribution in [3.63, 3.8) is 0 Å². The number of hydrogen-bond acceptors (Lipinski definition) is 5. The summed E-state index contributed by atoms with van der Waals surface area (Å²) < 4.78 is 0. The number of nitrogen functional groups attached to an aromatic ring is 1. The molecule has 1 saturated heterocycles. The molecular weight excluding hydrogens is 340 g/mol. The highest BCUT2D eigenvalue weighted by molar-refractivity contribution is 6.00. The molecule has 1 fully saturated rings. The van der Waals surface area contributed by atoms with Gasteiger partial charge in [0.25, 0.3) is 5.91 Å². The summed E-state index contributed by atoms with van der Waals surface area (Å²) in [4.78, 5) is 22.9. The third kappa shape index (κ3) is 3.44. The number of carbonyl (C=O) groups is 1. The number of fused-ring (bicyclic) bond motifs is 1. The molecule has 1 aromatic heterocycles. The third-order valence-corrected chi connectivity index (χ3v) is 4.72. The smallest absolute Gasteiger partial charge is 0.253 e. The van der Waals surface area contributed by atoms with E-state index in [0.29, 0.717) is 23.5 Å². The number of anilines is 1. The summed E-state index contributed by atoms with van der Waals surface area (Å²) in [6.45, 7) is 2.20. The Morgan fingerprint density at radius 1 is 1.15 bits per heavy atom. The van der Waals surface area contributed by atoms with Crippen molar-refractivity contribution in [2.75, 3.05) is 18.4 Å². The minimum absolute atomic E-state index is 0.0451. The van der Waals surface area contributed by atoms with E-state index in [1.54, 1.807) is 0 Å². The van der Waals surface area contributed by atoms with Gasteiger partial charge in [0.2, 0.25) is 0 Å². The van der Waals surface area contributed by atoms with Crippen LogP contribution in [-0.2, 0) is 6.54 Å². The third-order valence-electron chi connectivity index (χ3n) is 4.72. The van der Waals surface area contributed by atoms with Crippen molar-refractivity contribution in [2.24, 2.45) is 5.73 Å². The van der Waals surface area contributed by atoms with E-state index in [4.69, 9.17) is 11.1 Å². The van der Waals surface area contributed by atoms with Gasteiger partial charge in [-0.1, -0.05) is 18.2 Å². The normalized spacial score (nSPS) is 13.3. The number of hydrogen-bond donors (Lipinski definition) is 3. The van der Waals surface area contributed by atoms with Gasteiger partial charge in [0.05, 0.1) is 5.52 Å². The van der Waals surface area contributed by atoms with E-state index in [1.807, 2.05) is 47.4 Å². The van der Waals surface area contributed by atoms with Crippen LogP contribution in [0.5, 0.6) is 0 Å². The summed E-state index contributed by atoms with van der Waals surface area (Å²) in [6.07, 6.45) is 2.56. The molecular formula is C20H20N6O. The fourth-order valence-corrected chi connectivity index (χ4v) is 3.07. The van der Waals surface area contributed by atoms with Crippen LogP contribution in [0.4, 0.5) is 5.82 Å². The molecule has 0 aliphatic carbocycles. The van der Waals surface area contributed by atoms with Crippen molar-refractivity contribution >= 4 is 28.5 Å². The lowest BCUT2D eigenvalue weighted by molar-refractivity contribution is 0.0652. The Morgan fingerprint density at radius 3 is 2.74 bits per heavy atom. The maximum atomic E-state index is 12.4. The van der Waals surface area contributed by atoms with Gasteiger partial charge in [0.1, 0.15) is 18.0 Å². The quantitative estimate of drug-likeness (QED) is 0.478. The highest BCUT2D eigenvalue weighted by Crippen LogP contribution is 2.22. The summed E-state index contributed by atoms with van der Waals surface area (Å²) in [6, 6.07) is 13.1. The highest BCUT2D eigenvalue weighted by Gasteiger charge is 2.22. The molecule has 0 atom stereocenters. The van der Waals surface area contributed by atoms with Crippen LogP contribution >= 0.6 is 0 Å². The molecule has 1 aliphatic rings. The second kappa shape index (κ2) is 7.03. The van der Waals surface area contributed by atoms with Gasteiger partial charge < -0.3 is 16.0 Å². The Balaban J connectivity index is 1.56. The van der Waals surface area contributed by atoms with E-state index in [0.717, 1.165) is 36.0 Å². The van der Waals surface area contributed by atoms with Crippen LogP contribution in [-0.4, -0.2) is 39.7 Å². The molecule has 7 nitrogen and oxygen atoms in total. The fraction of sp³-hybridized carbons (Fsp3) is 0.200. The number of aromatic nitrogens is 2. The number of nitrogens with two attached hydrogens (primary N) is 1. The van der Waals surface area contributed by atoms with Crippen molar-refractivity contribution in [1.29, 1.82) is 5.41 Å². The Hall–Kier alpha value is -3.48. The average Bonchev–Trinajstić information content (AvgIpc) is 2.64. The van der Waals surface area contributed by atoms with Gasteiger partial charge in [0, 0.05) is 36.1 Å². The van der Waals surface area contributed by atoms with Gasteiger partial charge in [-0.15, -0.1) is 0 Å². The van der Waals surface area contributed by atoms with E-state index in [2.05, 4.69) is 15.3 Å². The molecule has 3 aromatic rings. The number of nitrogens with one attached hydrogen (secondary N) is 2. The molecule has 4 rings (SSSR count). The van der Waals surface area contributed by atoms with Crippen molar-refractivity contribution in [1.82, 2.24) is 14.9 Å². The van der Waals surface area contributed by atoms with E-state index in [1.165, 1.54) is 6.33 Å². The Bertz CT molecular complexity index is 1030. The second-order valence-corrected chi connectivity index (χ2v) is 6.57. The molecule has 2 heterocycles. The fourth-order valence-electron chi connectivity index (χ4n) is 3.07. The summed E-state index contributed by atoms with van der Waals surface area (Å²) >= 11 is 0. The molecule has 27 heavy (non-hydrogen) atoms. The van der Waals surface area contributed by atoms with Crippen molar-refractivity contribution in [3.8, 4) is 0 Å². The monoisotopic (exact) mass is 360 g/mol. The predicted molar refractivity (Wildman–Crippen MR) is 105 cm³/mol. The van der Waals surface area contributed by atoms with Crippen LogP contribution in [0, 0.1) is 5.41 Å². The second-order valence-electron chi connectivity index (χ2n) is 6.57. The molecule has 0 saturated carbocycles. The summed E-state index contributed by atoms with van der Waals surface area (Å²) in [5, 5.41) is 11.7. The lowest BCUT2D eigenvalue weighted by atomic mass is 10.1. The lowest BCUT2D eigenvalue weighted by Gasteiger charge is -2.30. The molecule has 0 radical (unpaired) electrons. The molecule has 7 heteroatoms. The first-order valence-corrected chi connectivity index (χ1v) is 8.83. The molecule has 4 N–H and O–H groups in total. The number of amides is 1. The maximum Gasteiger partial charge on any atom is 0.253 e. The Labute approximate surface area is 156 Å². The van der Waals surface area contributed by atoms with Crippen LogP contribution in [0.25, 0.3) is 10.9 Å². The number of likely N-dealkylation sites (tertiary alicyclic amines) is 1. The number of nitrogens with zero attached hydrogens (tertiary/aromatic N) is 3. The topological polar surface area (TPSA) is 108 Å². The van der Waals surface area contributed by atoms with Crippen molar-refractivity contribution in [2.45, 2.75) is 13.0 Å². The first-order valence-electron chi connectivity index (χ1n) is 8.83. The number of benzene rings is 2. The average molecular weight is 360 g/mol. The maximum absolute atomic E-state index is 12.4. The molecule has 0 spiro atoms. The van der Waals surface area contributed by atoms with Gasteiger partial charge in [-0.2, -0.15) is 0 Å². The van der Waals surface area contributed by atoms with Crippen molar-refractivity contribution < 1.29 is 4.79 Å². The minimum atomic E-state index is 0.0451. The van der Waals surface area contributed by atoms with Crippen LogP contribution in [0.2, 0.25) is 0 Å². The zero-order valence-electron chi connectivity index (χ0n) is 14.8. The van der Waals surface area contributed by atoms with Crippen LogP contribution in [0.1, 0.15) is 27.9 Å². The van der Waals surface area contributed by atoms with Gasteiger partial charge >= 0.3 is 0 Å². The van der Waals surface area contributed by atoms with Gasteiger partial charge in [-0.3, -0.25) is 10.2 Å². The zero-order chi connectivity index (χ0) is 18.8. The molecule has 1 aliphatic heterocycles. The number of rotatable bonds is 5. The minimum Gasteiger partial charge on any atom is -0.384 e. The lowest BCUT2D eigenvalue weighted by Crippen LogP contribution is -2.41. The van der Waals surface area contributed by atoms with Crippen molar-refractivity contribution in [3.05, 3.63) is 65.5 Å². The number of carbonyl (C=O) groups excluding carboxylic acids is 1. The van der Waals surface area contributed by atoms with Crippen LogP contribution < -0.4 is 11.1 Å². The van der Waals surface area contributed by atoms with E-state index in [-0.39, 0.29) is 11.7 Å². The van der Waals surface area contributed by atoms with Crippen LogP contribution in [0.15, 0.2) is 48.8 Å². The molecule has 136 valence electrons. The van der Waals surface area contributed by atoms with Gasteiger partial charge in [-0.05, 0) is 36.2 Å². The Morgan fingerprint density at radius 2 is 2.00 bits per heavy atom. The predicted octanol–water partition coefficient (Wildman–Crippen LogP) is 2.37. The molecule has 0 unspecified atom stereocenters. The first-order chi connectivity index (χ1) is 13.1. The van der Waals surface area contributed by atoms with E-state index >= 15 is 0 Å². The van der Waals surface area contributed by atoms with Gasteiger partial charge in [0.15, 0.2) is 0 Å².